The van der Waals surface area contributed by atoms with Crippen molar-refractivity contribution in [2.45, 2.75) is 64.7 Å². The monoisotopic (exact) mass is 1590 g/mol. The molecule has 4 heterocycles. The van der Waals surface area contributed by atoms with Crippen molar-refractivity contribution in [3.63, 3.8) is 0 Å². The van der Waals surface area contributed by atoms with Crippen LogP contribution in [0.25, 0.3) is 241 Å². The first-order chi connectivity index (χ1) is 60.7. The number of hydrogen-bond acceptors (Lipinski definition) is 4. The van der Waals surface area contributed by atoms with Gasteiger partial charge in [0.05, 0.1) is 0 Å². The van der Waals surface area contributed by atoms with Crippen LogP contribution in [0.3, 0.4) is 0 Å². The molecule has 0 saturated carbocycles. The van der Waals surface area contributed by atoms with Crippen LogP contribution in [0.4, 0.5) is 0 Å². The minimum absolute atomic E-state index is 0.00470. The largest absolute Gasteiger partial charge is 0.455 e. The SMILES string of the molecule is C1=C(c2ccccc2)C=C(c2cc3c4oc5ccccc5c4cc4c(-c5cc(-c6ccccc6)cc(-c6ccccc6)c5)cc5c6oc7ccccc7c6cc2c5c43)CC1c1ccccc1.CC(C)(C)c1ccc2c(c1)oc1c2cc2c(-c3ccc4ccccc4c3)cc3c4oc5cc(C(C)(C)C)ccc5c4cc4c(-c5ccc6ccccc6c5)cc1c2c43. The molecule has 0 aliphatic heterocycles. The molecule has 1 atom stereocenters. The third kappa shape index (κ3) is 11.4. The van der Waals surface area contributed by atoms with Gasteiger partial charge < -0.3 is 17.7 Å². The summed E-state index contributed by atoms with van der Waals surface area (Å²) in [6.45, 7) is 13.6. The average Bonchev–Trinajstić information content (AvgIpc) is 1.41. The Hall–Kier alpha value is -15.1. The first-order valence-electron chi connectivity index (χ1n) is 43.4. The maximum Gasteiger partial charge on any atom is 0.143 e. The van der Waals surface area contributed by atoms with Crippen LogP contribution in [0, 0.1) is 0 Å². The molecule has 586 valence electrons. The minimum Gasteiger partial charge on any atom is -0.455 e. The van der Waals surface area contributed by atoms with Gasteiger partial charge in [0.15, 0.2) is 0 Å². The second-order valence-electron chi connectivity index (χ2n) is 36.4. The van der Waals surface area contributed by atoms with E-state index < -0.39 is 0 Å². The molecule has 0 spiro atoms. The van der Waals surface area contributed by atoms with Crippen LogP contribution in [0.5, 0.6) is 0 Å². The lowest BCUT2D eigenvalue weighted by molar-refractivity contribution is 0.587. The standard InChI is InChI=1S/C64H40O2.C56H42O2/c1-5-17-39(18-6-1)43-29-44(40-19-7-2-8-20-40)32-47(31-43)51-35-57-62-54(38-56-50-26-14-16-28-60(50)65-63(56)57)52(36-58-61(62)53(51)37-55-49-25-13-15-27-59(49)66-64(55)58)48-33-45(41-21-9-3-10-22-41)30-46(34-48)42-23-11-4-12-24-42;1-55(2,3)37-19-21-39-45-29-43-42(36-18-16-32-12-8-10-14-34(32)24-36)28-48-52-44(30-46-40-22-20-38(56(4,5)6)26-50(40)58-54(46)48)41(27-47(51(43)52)53(45)57-49(39)25-37)35-17-15-31-11-7-9-13-33(31)23-35/h1-33,35-38,46H,34H2;7-30H,1-6H3. The Bertz CT molecular complexity index is 8510. The number of fused-ring (bicyclic) bond motifs is 18. The molecule has 0 amide bonds. The zero-order valence-corrected chi connectivity index (χ0v) is 69.6. The van der Waals surface area contributed by atoms with Gasteiger partial charge >= 0.3 is 0 Å². The van der Waals surface area contributed by atoms with Crippen molar-refractivity contribution in [1.82, 2.24) is 0 Å². The molecule has 124 heavy (non-hydrogen) atoms. The van der Waals surface area contributed by atoms with Crippen LogP contribution in [-0.4, -0.2) is 0 Å². The van der Waals surface area contributed by atoms with Crippen molar-refractivity contribution in [2.24, 2.45) is 0 Å². The van der Waals surface area contributed by atoms with Gasteiger partial charge in [0.25, 0.3) is 0 Å². The third-order valence-corrected chi connectivity index (χ3v) is 27.0. The lowest BCUT2D eigenvalue weighted by Crippen LogP contribution is -2.10. The lowest BCUT2D eigenvalue weighted by atomic mass is 9.78. The van der Waals surface area contributed by atoms with Crippen LogP contribution < -0.4 is 0 Å². The number of hydrogen-bond donors (Lipinski definition) is 0. The van der Waals surface area contributed by atoms with E-state index >= 15 is 0 Å². The fourth-order valence-electron chi connectivity index (χ4n) is 20.7. The van der Waals surface area contributed by atoms with Gasteiger partial charge in [-0.25, -0.2) is 0 Å². The van der Waals surface area contributed by atoms with Crippen LogP contribution in [0.1, 0.15) is 81.7 Å². The Kier molecular flexibility index (Phi) is 15.7. The maximum absolute atomic E-state index is 7.07. The first kappa shape index (κ1) is 71.8. The molecular formula is C120H82O4. The number of rotatable bonds is 8. The fraction of sp³-hybridized carbons (Fsp3) is 0.0833. The average molecular weight is 1590 g/mol. The normalized spacial score (nSPS) is 13.7. The summed E-state index contributed by atoms with van der Waals surface area (Å²) in [5, 5.41) is 28.0. The summed E-state index contributed by atoms with van der Waals surface area (Å²) in [4.78, 5) is 0. The highest BCUT2D eigenvalue weighted by atomic mass is 16.3. The van der Waals surface area contributed by atoms with Gasteiger partial charge in [0.1, 0.15) is 44.7 Å². The number of allylic oxidation sites excluding steroid dienone is 4. The second kappa shape index (κ2) is 27.2. The van der Waals surface area contributed by atoms with Gasteiger partial charge in [-0.05, 0) is 258 Å². The molecule has 0 radical (unpaired) electrons. The van der Waals surface area contributed by atoms with Crippen LogP contribution in [0.2, 0.25) is 0 Å². The van der Waals surface area contributed by atoms with Crippen molar-refractivity contribution >= 4 is 185 Å². The Balaban J connectivity index is 0.000000137. The topological polar surface area (TPSA) is 52.6 Å². The predicted molar refractivity (Wildman–Crippen MR) is 525 cm³/mol. The van der Waals surface area contributed by atoms with E-state index in [0.29, 0.717) is 0 Å². The quantitative estimate of drug-likeness (QED) is 0.142. The van der Waals surface area contributed by atoms with Crippen molar-refractivity contribution in [2.75, 3.05) is 0 Å². The van der Waals surface area contributed by atoms with Crippen molar-refractivity contribution in [3.8, 4) is 55.6 Å². The Morgan fingerprint density at radius 2 is 0.573 bits per heavy atom. The molecule has 1 aliphatic carbocycles. The van der Waals surface area contributed by atoms with Crippen LogP contribution in [0.15, 0.2) is 388 Å². The molecule has 0 fully saturated rings. The van der Waals surface area contributed by atoms with E-state index in [1.54, 1.807) is 0 Å². The highest BCUT2D eigenvalue weighted by molar-refractivity contribution is 6.40. The zero-order valence-electron chi connectivity index (χ0n) is 69.6. The van der Waals surface area contributed by atoms with Crippen LogP contribution >= 0.6 is 0 Å². The van der Waals surface area contributed by atoms with Gasteiger partial charge in [-0.1, -0.05) is 308 Å². The molecule has 0 saturated heterocycles. The highest BCUT2D eigenvalue weighted by Crippen LogP contribution is 2.56. The highest BCUT2D eigenvalue weighted by Gasteiger charge is 2.31. The van der Waals surface area contributed by atoms with Crippen molar-refractivity contribution in [3.05, 3.63) is 398 Å². The molecule has 0 N–H and O–H groups in total. The number of benzene rings is 21. The van der Waals surface area contributed by atoms with Gasteiger partial charge in [0.2, 0.25) is 0 Å². The summed E-state index contributed by atoms with van der Waals surface area (Å²) < 4.78 is 28.2. The van der Waals surface area contributed by atoms with E-state index in [1.165, 1.54) is 148 Å². The molecule has 4 nitrogen and oxygen atoms in total. The molecular weight excluding hydrogens is 1510 g/mol. The summed E-state index contributed by atoms with van der Waals surface area (Å²) in [5.74, 6) is 0.192. The molecule has 21 aromatic carbocycles. The number of furan rings is 4. The fourth-order valence-corrected chi connectivity index (χ4v) is 20.7. The minimum atomic E-state index is -0.00470. The number of para-hydroxylation sites is 2. The molecule has 26 rings (SSSR count). The van der Waals surface area contributed by atoms with Gasteiger partial charge in [-0.2, -0.15) is 0 Å². The van der Waals surface area contributed by atoms with E-state index in [9.17, 15) is 0 Å². The predicted octanol–water partition coefficient (Wildman–Crippen LogP) is 34.7. The molecule has 4 aromatic heterocycles. The molecule has 25 aromatic rings. The Morgan fingerprint density at radius 3 is 1.01 bits per heavy atom. The second-order valence-corrected chi connectivity index (χ2v) is 36.4. The van der Waals surface area contributed by atoms with Crippen molar-refractivity contribution < 1.29 is 17.7 Å². The smallest absolute Gasteiger partial charge is 0.143 e. The van der Waals surface area contributed by atoms with Gasteiger partial charge in [-0.15, -0.1) is 0 Å². The van der Waals surface area contributed by atoms with Crippen LogP contribution in [-0.2, 0) is 10.8 Å². The Labute approximate surface area is 716 Å². The van der Waals surface area contributed by atoms with Crippen molar-refractivity contribution in [1.29, 1.82) is 0 Å². The Morgan fingerprint density at radius 1 is 0.226 bits per heavy atom. The molecule has 0 bridgehead atoms. The molecule has 4 heteroatoms. The van der Waals surface area contributed by atoms with E-state index in [4.69, 9.17) is 17.7 Å². The first-order valence-corrected chi connectivity index (χ1v) is 43.4. The third-order valence-electron chi connectivity index (χ3n) is 27.0. The summed E-state index contributed by atoms with van der Waals surface area (Å²) >= 11 is 0. The maximum atomic E-state index is 7.07. The van der Waals surface area contributed by atoms with E-state index in [-0.39, 0.29) is 16.7 Å². The van der Waals surface area contributed by atoms with E-state index in [1.807, 2.05) is 0 Å². The summed E-state index contributed by atoms with van der Waals surface area (Å²) in [5.41, 5.74) is 27.8. The lowest BCUT2D eigenvalue weighted by Gasteiger charge is -2.25. The van der Waals surface area contributed by atoms with E-state index in [0.717, 1.165) is 127 Å². The van der Waals surface area contributed by atoms with Gasteiger partial charge in [0, 0.05) is 92.1 Å². The molecule has 1 unspecified atom stereocenters. The summed E-state index contributed by atoms with van der Waals surface area (Å²) in [6.07, 6.45) is 5.77. The molecule has 1 aliphatic rings. The van der Waals surface area contributed by atoms with E-state index in [2.05, 4.69) is 412 Å². The summed E-state index contributed by atoms with van der Waals surface area (Å²) in [6, 6.07) is 131. The zero-order chi connectivity index (χ0) is 82.5. The summed E-state index contributed by atoms with van der Waals surface area (Å²) in [7, 11) is 0. The van der Waals surface area contributed by atoms with Gasteiger partial charge in [-0.3, -0.25) is 0 Å².